The number of hydrogen-bond donors (Lipinski definition) is 1. The number of benzene rings is 2. The van der Waals surface area contributed by atoms with Crippen molar-refractivity contribution in [1.29, 1.82) is 0 Å². The molecule has 2 nitrogen and oxygen atoms in total. The standard InChI is InChI=1S/C15H13BrClF2NO/c1-2-21-15-11(16)6-10(17)7-13(15)20-8-9-4-3-5-12(18)14(9)19/h3-7,20H,2,8H2,1H3. The van der Waals surface area contributed by atoms with Crippen LogP contribution in [-0.2, 0) is 6.54 Å². The molecule has 2 aromatic carbocycles. The van der Waals surface area contributed by atoms with E-state index >= 15 is 0 Å². The van der Waals surface area contributed by atoms with E-state index in [0.717, 1.165) is 6.07 Å². The number of anilines is 1. The fraction of sp³-hybridized carbons (Fsp3) is 0.200. The van der Waals surface area contributed by atoms with E-state index in [-0.39, 0.29) is 12.1 Å². The third-order valence-corrected chi connectivity index (χ3v) is 3.61. The lowest BCUT2D eigenvalue weighted by Crippen LogP contribution is -2.05. The normalized spacial score (nSPS) is 10.5. The molecular weight excluding hydrogens is 364 g/mol. The fourth-order valence-corrected chi connectivity index (χ4v) is 2.78. The van der Waals surface area contributed by atoms with Crippen molar-refractivity contribution in [3.05, 3.63) is 57.0 Å². The van der Waals surface area contributed by atoms with Gasteiger partial charge in [-0.05, 0) is 41.1 Å². The molecule has 0 radical (unpaired) electrons. The Balaban J connectivity index is 2.25. The van der Waals surface area contributed by atoms with E-state index in [1.165, 1.54) is 12.1 Å². The SMILES string of the molecule is CCOc1c(Br)cc(Cl)cc1NCc1cccc(F)c1F. The van der Waals surface area contributed by atoms with Gasteiger partial charge >= 0.3 is 0 Å². The fourth-order valence-electron chi connectivity index (χ4n) is 1.86. The molecule has 0 aliphatic heterocycles. The molecule has 0 unspecified atom stereocenters. The van der Waals surface area contributed by atoms with Crippen LogP contribution in [0.5, 0.6) is 5.75 Å². The van der Waals surface area contributed by atoms with Crippen LogP contribution < -0.4 is 10.1 Å². The molecule has 0 atom stereocenters. The van der Waals surface area contributed by atoms with Gasteiger partial charge in [-0.15, -0.1) is 0 Å². The highest BCUT2D eigenvalue weighted by Gasteiger charge is 2.12. The predicted molar refractivity (Wildman–Crippen MR) is 84.0 cm³/mol. The second-order valence-corrected chi connectivity index (χ2v) is 5.55. The Morgan fingerprint density at radius 3 is 2.76 bits per heavy atom. The van der Waals surface area contributed by atoms with E-state index in [9.17, 15) is 8.78 Å². The van der Waals surface area contributed by atoms with Gasteiger partial charge in [-0.1, -0.05) is 23.7 Å². The van der Waals surface area contributed by atoms with Crippen LogP contribution in [-0.4, -0.2) is 6.61 Å². The van der Waals surface area contributed by atoms with E-state index in [4.69, 9.17) is 16.3 Å². The van der Waals surface area contributed by atoms with Crippen molar-refractivity contribution in [3.63, 3.8) is 0 Å². The van der Waals surface area contributed by atoms with Crippen molar-refractivity contribution in [2.75, 3.05) is 11.9 Å². The molecule has 21 heavy (non-hydrogen) atoms. The number of rotatable bonds is 5. The van der Waals surface area contributed by atoms with Gasteiger partial charge in [-0.3, -0.25) is 0 Å². The van der Waals surface area contributed by atoms with E-state index in [0.29, 0.717) is 27.5 Å². The highest BCUT2D eigenvalue weighted by Crippen LogP contribution is 2.37. The van der Waals surface area contributed by atoms with Crippen LogP contribution in [0.2, 0.25) is 5.02 Å². The Labute approximate surface area is 135 Å². The summed E-state index contributed by atoms with van der Waals surface area (Å²) in [5, 5.41) is 3.52. The third-order valence-electron chi connectivity index (χ3n) is 2.80. The van der Waals surface area contributed by atoms with Gasteiger partial charge in [0.2, 0.25) is 0 Å². The first-order valence-corrected chi connectivity index (χ1v) is 7.48. The van der Waals surface area contributed by atoms with Crippen molar-refractivity contribution in [2.45, 2.75) is 13.5 Å². The monoisotopic (exact) mass is 375 g/mol. The first-order valence-electron chi connectivity index (χ1n) is 6.31. The quantitative estimate of drug-likeness (QED) is 0.755. The van der Waals surface area contributed by atoms with Gasteiger partial charge < -0.3 is 10.1 Å². The highest BCUT2D eigenvalue weighted by atomic mass is 79.9. The molecule has 0 amide bonds. The second kappa shape index (κ2) is 7.09. The van der Waals surface area contributed by atoms with E-state index in [1.54, 1.807) is 12.1 Å². The van der Waals surface area contributed by atoms with Gasteiger partial charge in [-0.25, -0.2) is 8.78 Å². The van der Waals surface area contributed by atoms with Crippen molar-refractivity contribution in [2.24, 2.45) is 0 Å². The molecule has 0 aliphatic carbocycles. The largest absolute Gasteiger partial charge is 0.491 e. The Morgan fingerprint density at radius 2 is 2.05 bits per heavy atom. The molecule has 0 saturated carbocycles. The Hall–Kier alpha value is -1.33. The molecule has 2 aromatic rings. The maximum atomic E-state index is 13.6. The molecule has 0 spiro atoms. The number of halogens is 4. The van der Waals surface area contributed by atoms with Gasteiger partial charge in [0.15, 0.2) is 17.4 Å². The minimum absolute atomic E-state index is 0.121. The van der Waals surface area contributed by atoms with Gasteiger partial charge in [0.1, 0.15) is 0 Å². The smallest absolute Gasteiger partial charge is 0.163 e. The van der Waals surface area contributed by atoms with E-state index in [1.807, 2.05) is 6.92 Å². The molecule has 0 aromatic heterocycles. The minimum atomic E-state index is -0.869. The van der Waals surface area contributed by atoms with E-state index in [2.05, 4.69) is 21.2 Å². The van der Waals surface area contributed by atoms with Gasteiger partial charge in [0, 0.05) is 17.1 Å². The summed E-state index contributed by atoms with van der Waals surface area (Å²) in [5.74, 6) is -1.14. The summed E-state index contributed by atoms with van der Waals surface area (Å²) in [6, 6.07) is 7.45. The first kappa shape index (κ1) is 16.0. The maximum absolute atomic E-state index is 13.6. The summed E-state index contributed by atoms with van der Waals surface area (Å²) < 4.78 is 33.0. The molecule has 0 fully saturated rings. The van der Waals surface area contributed by atoms with Gasteiger partial charge in [-0.2, -0.15) is 0 Å². The second-order valence-electron chi connectivity index (χ2n) is 4.26. The molecule has 0 aliphatic rings. The van der Waals surface area contributed by atoms with Crippen LogP contribution in [0, 0.1) is 11.6 Å². The van der Waals surface area contributed by atoms with Crippen LogP contribution in [0.1, 0.15) is 12.5 Å². The average Bonchev–Trinajstić information content (AvgIpc) is 2.44. The van der Waals surface area contributed by atoms with Gasteiger partial charge in [0.05, 0.1) is 16.8 Å². The molecule has 112 valence electrons. The predicted octanol–water partition coefficient (Wildman–Crippen LogP) is 5.39. The summed E-state index contributed by atoms with van der Waals surface area (Å²) in [4.78, 5) is 0. The lowest BCUT2D eigenvalue weighted by atomic mass is 10.2. The molecule has 6 heteroatoms. The molecule has 1 N–H and O–H groups in total. The molecule has 0 heterocycles. The van der Waals surface area contributed by atoms with Gasteiger partial charge in [0.25, 0.3) is 0 Å². The molecule has 2 rings (SSSR count). The topological polar surface area (TPSA) is 21.3 Å². The summed E-state index contributed by atoms with van der Waals surface area (Å²) in [6.45, 7) is 2.46. The summed E-state index contributed by atoms with van der Waals surface area (Å²) in [5.41, 5.74) is 0.841. The molecular formula is C15H13BrClF2NO. The van der Waals surface area contributed by atoms with E-state index < -0.39 is 11.6 Å². The molecule has 0 bridgehead atoms. The average molecular weight is 377 g/mol. The van der Waals surface area contributed by atoms with Crippen molar-refractivity contribution in [3.8, 4) is 5.75 Å². The van der Waals surface area contributed by atoms with Crippen LogP contribution >= 0.6 is 27.5 Å². The number of ether oxygens (including phenoxy) is 1. The van der Waals surface area contributed by atoms with Crippen molar-refractivity contribution >= 4 is 33.2 Å². The number of hydrogen-bond acceptors (Lipinski definition) is 2. The zero-order chi connectivity index (χ0) is 15.4. The maximum Gasteiger partial charge on any atom is 0.163 e. The Morgan fingerprint density at radius 1 is 1.29 bits per heavy atom. The minimum Gasteiger partial charge on any atom is -0.491 e. The lowest BCUT2D eigenvalue weighted by Gasteiger charge is -2.15. The number of nitrogens with one attached hydrogen (secondary N) is 1. The van der Waals surface area contributed by atoms with Crippen molar-refractivity contribution in [1.82, 2.24) is 0 Å². The zero-order valence-corrected chi connectivity index (χ0v) is 13.6. The molecule has 0 saturated heterocycles. The third kappa shape index (κ3) is 3.86. The summed E-state index contributed by atoms with van der Waals surface area (Å²) in [6.07, 6.45) is 0. The van der Waals surface area contributed by atoms with Crippen LogP contribution in [0.3, 0.4) is 0 Å². The Kier molecular flexibility index (Phi) is 5.42. The van der Waals surface area contributed by atoms with Crippen LogP contribution in [0.4, 0.5) is 14.5 Å². The first-order chi connectivity index (χ1) is 10.0. The van der Waals surface area contributed by atoms with Crippen LogP contribution in [0.25, 0.3) is 0 Å². The summed E-state index contributed by atoms with van der Waals surface area (Å²) >= 11 is 9.37. The van der Waals surface area contributed by atoms with Crippen molar-refractivity contribution < 1.29 is 13.5 Å². The zero-order valence-electron chi connectivity index (χ0n) is 11.2. The highest BCUT2D eigenvalue weighted by molar-refractivity contribution is 9.10. The van der Waals surface area contributed by atoms with Crippen LogP contribution in [0.15, 0.2) is 34.8 Å². The summed E-state index contributed by atoms with van der Waals surface area (Å²) in [7, 11) is 0. The Bertz CT molecular complexity index is 652. The lowest BCUT2D eigenvalue weighted by molar-refractivity contribution is 0.339.